The Morgan fingerprint density at radius 1 is 1.33 bits per heavy atom. The van der Waals surface area contributed by atoms with Crippen molar-refractivity contribution in [3.05, 3.63) is 29.8 Å². The number of hydrogen-bond donors (Lipinski definition) is 1. The number of rotatable bonds is 5. The molecule has 0 bridgehead atoms. The van der Waals surface area contributed by atoms with Gasteiger partial charge in [-0.3, -0.25) is 0 Å². The number of nitrogens with one attached hydrogen (secondary N) is 1. The Hall–Kier alpha value is -1.06. The molecule has 0 radical (unpaired) electrons. The first-order valence-corrected chi connectivity index (χ1v) is 6.68. The summed E-state index contributed by atoms with van der Waals surface area (Å²) in [4.78, 5) is 0. The Balaban J connectivity index is 1.77. The zero-order valence-electron chi connectivity index (χ0n) is 11.4. The van der Waals surface area contributed by atoms with Crippen molar-refractivity contribution in [2.75, 3.05) is 26.9 Å². The minimum Gasteiger partial charge on any atom is -0.497 e. The molecule has 0 aliphatic carbocycles. The molecule has 1 atom stereocenters. The summed E-state index contributed by atoms with van der Waals surface area (Å²) in [5, 5.41) is 3.62. The van der Waals surface area contributed by atoms with Crippen molar-refractivity contribution in [1.82, 2.24) is 5.32 Å². The monoisotopic (exact) mass is 249 g/mol. The van der Waals surface area contributed by atoms with Crippen LogP contribution < -0.4 is 10.1 Å². The minimum atomic E-state index is 0.157. The normalized spacial score (nSPS) is 23.9. The van der Waals surface area contributed by atoms with Gasteiger partial charge in [-0.2, -0.15) is 0 Å². The van der Waals surface area contributed by atoms with Crippen LogP contribution in [-0.4, -0.2) is 32.4 Å². The highest BCUT2D eigenvalue weighted by Crippen LogP contribution is 2.18. The lowest BCUT2D eigenvalue weighted by Crippen LogP contribution is -2.49. The Morgan fingerprint density at radius 2 is 2.11 bits per heavy atom. The van der Waals surface area contributed by atoms with Crippen LogP contribution in [0.5, 0.6) is 5.75 Å². The van der Waals surface area contributed by atoms with E-state index in [0.29, 0.717) is 0 Å². The summed E-state index contributed by atoms with van der Waals surface area (Å²) >= 11 is 0. The van der Waals surface area contributed by atoms with Crippen molar-refractivity contribution in [1.29, 1.82) is 0 Å². The van der Waals surface area contributed by atoms with Gasteiger partial charge in [-0.1, -0.05) is 12.1 Å². The number of methoxy groups -OCH3 is 1. The van der Waals surface area contributed by atoms with Gasteiger partial charge in [-0.25, -0.2) is 0 Å². The predicted molar refractivity (Wildman–Crippen MR) is 73.2 cm³/mol. The molecular weight excluding hydrogens is 226 g/mol. The van der Waals surface area contributed by atoms with Gasteiger partial charge in [-0.15, -0.1) is 0 Å². The van der Waals surface area contributed by atoms with Crippen LogP contribution in [0.15, 0.2) is 24.3 Å². The van der Waals surface area contributed by atoms with E-state index in [1.807, 2.05) is 12.1 Å². The highest BCUT2D eigenvalue weighted by atomic mass is 16.5. The second-order valence-electron chi connectivity index (χ2n) is 5.24. The maximum absolute atomic E-state index is 5.54. The van der Waals surface area contributed by atoms with Gasteiger partial charge in [0.15, 0.2) is 0 Å². The molecule has 100 valence electrons. The standard InChI is InChI=1S/C15H23NO2/c1-15(9-3-11-18-12-15)16-10-8-13-4-6-14(17-2)7-5-13/h4-7,16H,3,8-12H2,1-2H3. The molecule has 3 nitrogen and oxygen atoms in total. The molecule has 18 heavy (non-hydrogen) atoms. The highest BCUT2D eigenvalue weighted by Gasteiger charge is 2.26. The number of hydrogen-bond acceptors (Lipinski definition) is 3. The van der Waals surface area contributed by atoms with E-state index in [2.05, 4.69) is 24.4 Å². The lowest BCUT2D eigenvalue weighted by molar-refractivity contribution is 0.0289. The van der Waals surface area contributed by atoms with Crippen LogP contribution in [0.2, 0.25) is 0 Å². The van der Waals surface area contributed by atoms with Crippen molar-refractivity contribution in [3.8, 4) is 5.75 Å². The van der Waals surface area contributed by atoms with Crippen molar-refractivity contribution >= 4 is 0 Å². The third kappa shape index (κ3) is 3.72. The fraction of sp³-hybridized carbons (Fsp3) is 0.600. The van der Waals surface area contributed by atoms with Crippen LogP contribution in [0, 0.1) is 0 Å². The molecule has 1 heterocycles. The van der Waals surface area contributed by atoms with Gasteiger partial charge >= 0.3 is 0 Å². The first kappa shape index (κ1) is 13.4. The van der Waals surface area contributed by atoms with Gasteiger partial charge in [0.2, 0.25) is 0 Å². The zero-order chi connectivity index (χ0) is 12.8. The Kier molecular flexibility index (Phi) is 4.61. The molecule has 1 saturated heterocycles. The first-order valence-electron chi connectivity index (χ1n) is 6.68. The molecule has 1 fully saturated rings. The quantitative estimate of drug-likeness (QED) is 0.869. The second kappa shape index (κ2) is 6.21. The molecular formula is C15H23NO2. The van der Waals surface area contributed by atoms with Gasteiger partial charge in [0.05, 0.1) is 13.7 Å². The van der Waals surface area contributed by atoms with Crippen LogP contribution in [0.3, 0.4) is 0 Å². The van der Waals surface area contributed by atoms with E-state index in [9.17, 15) is 0 Å². The highest BCUT2D eigenvalue weighted by molar-refractivity contribution is 5.27. The fourth-order valence-corrected chi connectivity index (χ4v) is 2.37. The molecule has 1 aliphatic rings. The van der Waals surface area contributed by atoms with Gasteiger partial charge < -0.3 is 14.8 Å². The summed E-state index contributed by atoms with van der Waals surface area (Å²) in [6, 6.07) is 8.28. The lowest BCUT2D eigenvalue weighted by atomic mass is 9.94. The Bertz CT molecular complexity index is 355. The molecule has 1 N–H and O–H groups in total. The van der Waals surface area contributed by atoms with Crippen molar-refractivity contribution in [3.63, 3.8) is 0 Å². The molecule has 1 unspecified atom stereocenters. The summed E-state index contributed by atoms with van der Waals surface area (Å²) in [6.07, 6.45) is 3.40. The molecule has 1 aliphatic heterocycles. The van der Waals surface area contributed by atoms with E-state index in [1.54, 1.807) is 7.11 Å². The Labute approximate surface area is 109 Å². The molecule has 0 saturated carbocycles. The largest absolute Gasteiger partial charge is 0.497 e. The smallest absolute Gasteiger partial charge is 0.118 e. The van der Waals surface area contributed by atoms with Crippen molar-refractivity contribution in [2.24, 2.45) is 0 Å². The maximum atomic E-state index is 5.54. The Morgan fingerprint density at radius 3 is 2.72 bits per heavy atom. The van der Waals surface area contributed by atoms with Crippen LogP contribution in [0.4, 0.5) is 0 Å². The first-order chi connectivity index (χ1) is 8.72. The van der Waals surface area contributed by atoms with E-state index in [4.69, 9.17) is 9.47 Å². The van der Waals surface area contributed by atoms with E-state index >= 15 is 0 Å². The van der Waals surface area contributed by atoms with Gasteiger partial charge in [0, 0.05) is 12.1 Å². The van der Waals surface area contributed by atoms with Crippen molar-refractivity contribution < 1.29 is 9.47 Å². The number of ether oxygens (including phenoxy) is 2. The van der Waals surface area contributed by atoms with Crippen LogP contribution in [-0.2, 0) is 11.2 Å². The van der Waals surface area contributed by atoms with Gasteiger partial charge in [-0.05, 0) is 50.4 Å². The summed E-state index contributed by atoms with van der Waals surface area (Å²) < 4.78 is 10.7. The maximum Gasteiger partial charge on any atom is 0.118 e. The van der Waals surface area contributed by atoms with Crippen LogP contribution in [0.1, 0.15) is 25.3 Å². The summed E-state index contributed by atoms with van der Waals surface area (Å²) in [7, 11) is 1.69. The molecule has 0 spiro atoms. The molecule has 3 heteroatoms. The zero-order valence-corrected chi connectivity index (χ0v) is 11.4. The van der Waals surface area contributed by atoms with E-state index in [1.165, 1.54) is 12.0 Å². The average Bonchev–Trinajstić information content (AvgIpc) is 2.40. The van der Waals surface area contributed by atoms with Crippen LogP contribution >= 0.6 is 0 Å². The van der Waals surface area contributed by atoms with E-state index in [0.717, 1.165) is 38.3 Å². The molecule has 0 amide bonds. The van der Waals surface area contributed by atoms with E-state index < -0.39 is 0 Å². The minimum absolute atomic E-state index is 0.157. The van der Waals surface area contributed by atoms with E-state index in [-0.39, 0.29) is 5.54 Å². The topological polar surface area (TPSA) is 30.5 Å². The molecule has 2 rings (SSSR count). The molecule has 0 aromatic heterocycles. The second-order valence-corrected chi connectivity index (χ2v) is 5.24. The molecule has 1 aromatic carbocycles. The average molecular weight is 249 g/mol. The third-order valence-corrected chi connectivity index (χ3v) is 3.56. The fourth-order valence-electron chi connectivity index (χ4n) is 2.37. The SMILES string of the molecule is COc1ccc(CCNC2(C)CCCOC2)cc1. The van der Waals surface area contributed by atoms with Gasteiger partial charge in [0.1, 0.15) is 5.75 Å². The third-order valence-electron chi connectivity index (χ3n) is 3.56. The lowest BCUT2D eigenvalue weighted by Gasteiger charge is -2.34. The van der Waals surface area contributed by atoms with Crippen molar-refractivity contribution in [2.45, 2.75) is 31.7 Å². The summed E-state index contributed by atoms with van der Waals surface area (Å²) in [5.41, 5.74) is 1.49. The summed E-state index contributed by atoms with van der Waals surface area (Å²) in [5.74, 6) is 0.916. The molecule has 1 aromatic rings. The van der Waals surface area contributed by atoms with Crippen LogP contribution in [0.25, 0.3) is 0 Å². The predicted octanol–water partition coefficient (Wildman–Crippen LogP) is 2.40. The van der Waals surface area contributed by atoms with Gasteiger partial charge in [0.25, 0.3) is 0 Å². The summed E-state index contributed by atoms with van der Waals surface area (Å²) in [6.45, 7) is 4.98. The number of benzene rings is 1.